The molecule has 0 saturated carbocycles. The number of aliphatic hydroxyl groups is 1. The van der Waals surface area contributed by atoms with Gasteiger partial charge in [-0.15, -0.1) is 0 Å². The van der Waals surface area contributed by atoms with E-state index in [0.717, 1.165) is 30.9 Å². The lowest BCUT2D eigenvalue weighted by Crippen LogP contribution is -2.52. The minimum Gasteiger partial charge on any atom is -0.454 e. The zero-order valence-corrected chi connectivity index (χ0v) is 16.4. The van der Waals surface area contributed by atoms with E-state index in [4.69, 9.17) is 21.1 Å². The fourth-order valence-corrected chi connectivity index (χ4v) is 4.11. The molecule has 1 fully saturated rings. The molecule has 28 heavy (non-hydrogen) atoms. The van der Waals surface area contributed by atoms with Crippen molar-refractivity contribution in [1.29, 1.82) is 0 Å². The highest BCUT2D eigenvalue weighted by Gasteiger charge is 2.28. The third kappa shape index (κ3) is 4.25. The zero-order chi connectivity index (χ0) is 19.5. The van der Waals surface area contributed by atoms with Crippen LogP contribution in [0.3, 0.4) is 0 Å². The van der Waals surface area contributed by atoms with Crippen molar-refractivity contribution in [2.75, 3.05) is 33.0 Å². The molecule has 2 aromatic carbocycles. The van der Waals surface area contributed by atoms with E-state index in [1.807, 2.05) is 18.2 Å². The quantitative estimate of drug-likeness (QED) is 0.797. The zero-order valence-electron chi connectivity index (χ0n) is 15.6. The molecule has 0 bridgehead atoms. The molecule has 2 aliphatic rings. The summed E-state index contributed by atoms with van der Waals surface area (Å²) in [6.07, 6.45) is 0.653. The van der Waals surface area contributed by atoms with E-state index in [2.05, 4.69) is 9.80 Å². The molecule has 2 aliphatic heterocycles. The van der Waals surface area contributed by atoms with Crippen LogP contribution in [0.4, 0.5) is 4.39 Å². The van der Waals surface area contributed by atoms with Crippen molar-refractivity contribution in [2.24, 2.45) is 0 Å². The maximum Gasteiger partial charge on any atom is 0.231 e. The van der Waals surface area contributed by atoms with Crippen LogP contribution in [0.25, 0.3) is 0 Å². The molecule has 0 amide bonds. The minimum absolute atomic E-state index is 0.108. The van der Waals surface area contributed by atoms with Crippen molar-refractivity contribution < 1.29 is 19.0 Å². The highest BCUT2D eigenvalue weighted by atomic mass is 35.5. The largest absolute Gasteiger partial charge is 0.454 e. The molecule has 150 valence electrons. The molecule has 0 unspecified atom stereocenters. The lowest BCUT2D eigenvalue weighted by atomic mass is 10.1. The number of rotatable bonds is 6. The van der Waals surface area contributed by atoms with Crippen molar-refractivity contribution in [3.8, 4) is 11.5 Å². The maximum absolute atomic E-state index is 14.1. The molecule has 4 rings (SSSR count). The number of hydrogen-bond acceptors (Lipinski definition) is 5. The van der Waals surface area contributed by atoms with Crippen LogP contribution < -0.4 is 9.47 Å². The Hall–Kier alpha value is -1.86. The Labute approximate surface area is 169 Å². The first-order valence-corrected chi connectivity index (χ1v) is 9.90. The van der Waals surface area contributed by atoms with Gasteiger partial charge in [0.05, 0.1) is 0 Å². The average Bonchev–Trinajstić information content (AvgIpc) is 3.13. The Balaban J connectivity index is 1.44. The van der Waals surface area contributed by atoms with Gasteiger partial charge in [-0.2, -0.15) is 0 Å². The number of nitrogens with zero attached hydrogens (tertiary/aromatic N) is 2. The van der Waals surface area contributed by atoms with Gasteiger partial charge < -0.3 is 14.6 Å². The highest BCUT2D eigenvalue weighted by Crippen LogP contribution is 2.37. The van der Waals surface area contributed by atoms with Crippen LogP contribution in [-0.4, -0.2) is 54.0 Å². The topological polar surface area (TPSA) is 45.2 Å². The smallest absolute Gasteiger partial charge is 0.231 e. The summed E-state index contributed by atoms with van der Waals surface area (Å²) in [5.74, 6) is 1.23. The summed E-state index contributed by atoms with van der Waals surface area (Å²) in [4.78, 5) is 4.58. The van der Waals surface area contributed by atoms with Gasteiger partial charge >= 0.3 is 0 Å². The van der Waals surface area contributed by atoms with Gasteiger partial charge in [0.25, 0.3) is 0 Å². The summed E-state index contributed by atoms with van der Waals surface area (Å²) in [7, 11) is 0. The standard InChI is InChI=1S/C21H24ClFN2O3/c22-18-10-21-20(27-14-28-21)9-16(18)11-24-6-7-25(17(13-24)5-8-26)12-15-3-1-2-4-19(15)23/h1-4,9-10,17,26H,5-8,11-14H2/t17-/m1/s1. The molecule has 0 aliphatic carbocycles. The normalized spacial score (nSPS) is 19.9. The number of hydrogen-bond donors (Lipinski definition) is 1. The Morgan fingerprint density at radius 3 is 2.64 bits per heavy atom. The lowest BCUT2D eigenvalue weighted by molar-refractivity contribution is 0.0493. The van der Waals surface area contributed by atoms with Crippen molar-refractivity contribution in [3.05, 3.63) is 58.4 Å². The number of piperazine rings is 1. The summed E-state index contributed by atoms with van der Waals surface area (Å²) in [6.45, 7) is 4.03. The first-order chi connectivity index (χ1) is 13.6. The van der Waals surface area contributed by atoms with Gasteiger partial charge in [0.15, 0.2) is 11.5 Å². The molecule has 0 radical (unpaired) electrons. The first-order valence-electron chi connectivity index (χ1n) is 9.52. The molecule has 1 saturated heterocycles. The first kappa shape index (κ1) is 19.5. The third-order valence-corrected chi connectivity index (χ3v) is 5.77. The predicted molar refractivity (Wildman–Crippen MR) is 105 cm³/mol. The minimum atomic E-state index is -0.181. The molecular formula is C21H24ClFN2O3. The number of benzene rings is 2. The van der Waals surface area contributed by atoms with Crippen LogP contribution in [0.5, 0.6) is 11.5 Å². The van der Waals surface area contributed by atoms with Gasteiger partial charge in [0.1, 0.15) is 5.82 Å². The Bertz CT molecular complexity index is 835. The van der Waals surface area contributed by atoms with Gasteiger partial charge in [-0.1, -0.05) is 29.8 Å². The third-order valence-electron chi connectivity index (χ3n) is 5.42. The molecular weight excluding hydrogens is 383 g/mol. The van der Waals surface area contributed by atoms with Crippen molar-refractivity contribution in [1.82, 2.24) is 9.80 Å². The van der Waals surface area contributed by atoms with E-state index in [1.54, 1.807) is 12.1 Å². The number of ether oxygens (including phenoxy) is 2. The van der Waals surface area contributed by atoms with Gasteiger partial charge in [-0.05, 0) is 24.1 Å². The maximum atomic E-state index is 14.1. The SMILES string of the molecule is OCC[C@@H]1CN(Cc2cc3c(cc2Cl)OCO3)CCN1Cc1ccccc1F. The van der Waals surface area contributed by atoms with Gasteiger partial charge in [-0.25, -0.2) is 4.39 Å². The van der Waals surface area contributed by atoms with Crippen molar-refractivity contribution >= 4 is 11.6 Å². The fraction of sp³-hybridized carbons (Fsp3) is 0.429. The van der Waals surface area contributed by atoms with Gasteiger partial charge in [-0.3, -0.25) is 9.80 Å². The second kappa shape index (κ2) is 8.66. The summed E-state index contributed by atoms with van der Waals surface area (Å²) in [5.41, 5.74) is 1.69. The molecule has 1 N–H and O–H groups in total. The van der Waals surface area contributed by atoms with Crippen LogP contribution in [0, 0.1) is 5.82 Å². The molecule has 2 heterocycles. The van der Waals surface area contributed by atoms with Crippen LogP contribution in [0.2, 0.25) is 5.02 Å². The predicted octanol–water partition coefficient (Wildman–Crippen LogP) is 3.28. The summed E-state index contributed by atoms with van der Waals surface area (Å²) in [5, 5.41) is 10.2. The van der Waals surface area contributed by atoms with E-state index in [0.29, 0.717) is 35.8 Å². The highest BCUT2D eigenvalue weighted by molar-refractivity contribution is 6.31. The van der Waals surface area contributed by atoms with Gasteiger partial charge in [0.2, 0.25) is 6.79 Å². The van der Waals surface area contributed by atoms with E-state index >= 15 is 0 Å². The van der Waals surface area contributed by atoms with E-state index in [9.17, 15) is 9.50 Å². The lowest BCUT2D eigenvalue weighted by Gasteiger charge is -2.41. The summed E-state index contributed by atoms with van der Waals surface area (Å²) in [6, 6.07) is 10.8. The Morgan fingerprint density at radius 1 is 1.07 bits per heavy atom. The average molecular weight is 407 g/mol. The molecule has 0 spiro atoms. The molecule has 2 aromatic rings. The monoisotopic (exact) mass is 406 g/mol. The molecule has 7 heteroatoms. The molecule has 0 aromatic heterocycles. The Kier molecular flexibility index (Phi) is 6.01. The fourth-order valence-electron chi connectivity index (χ4n) is 3.90. The van der Waals surface area contributed by atoms with E-state index in [1.165, 1.54) is 6.07 Å². The molecule has 1 atom stereocenters. The Morgan fingerprint density at radius 2 is 1.86 bits per heavy atom. The second-order valence-electron chi connectivity index (χ2n) is 7.26. The molecule has 5 nitrogen and oxygen atoms in total. The number of fused-ring (bicyclic) bond motifs is 1. The van der Waals surface area contributed by atoms with Gasteiger partial charge in [0, 0.05) is 62.0 Å². The summed E-state index contributed by atoms with van der Waals surface area (Å²) >= 11 is 6.42. The van der Waals surface area contributed by atoms with Crippen LogP contribution in [0.15, 0.2) is 36.4 Å². The van der Waals surface area contributed by atoms with Crippen LogP contribution >= 0.6 is 11.6 Å². The van der Waals surface area contributed by atoms with Crippen LogP contribution in [-0.2, 0) is 13.1 Å². The van der Waals surface area contributed by atoms with Crippen molar-refractivity contribution in [2.45, 2.75) is 25.6 Å². The van der Waals surface area contributed by atoms with E-state index < -0.39 is 0 Å². The van der Waals surface area contributed by atoms with Crippen LogP contribution in [0.1, 0.15) is 17.5 Å². The number of halogens is 2. The second-order valence-corrected chi connectivity index (χ2v) is 7.67. The van der Waals surface area contributed by atoms with E-state index in [-0.39, 0.29) is 25.3 Å². The van der Waals surface area contributed by atoms with Crippen molar-refractivity contribution in [3.63, 3.8) is 0 Å². The number of aliphatic hydroxyl groups excluding tert-OH is 1. The summed E-state index contributed by atoms with van der Waals surface area (Å²) < 4.78 is 24.9.